The van der Waals surface area contributed by atoms with Gasteiger partial charge in [-0.05, 0) is 19.4 Å². The molecule has 5 heteroatoms. The molecule has 0 aliphatic carbocycles. The Bertz CT molecular complexity index is 405. The van der Waals surface area contributed by atoms with Crippen molar-refractivity contribution < 1.29 is 9.63 Å². The number of carbonyl (C=O) groups is 1. The van der Waals surface area contributed by atoms with Gasteiger partial charge in [0.15, 0.2) is 5.66 Å². The van der Waals surface area contributed by atoms with Crippen molar-refractivity contribution in [2.24, 2.45) is 5.73 Å². The zero-order valence-corrected chi connectivity index (χ0v) is 9.28. The second-order valence-corrected chi connectivity index (χ2v) is 4.32. The summed E-state index contributed by atoms with van der Waals surface area (Å²) in [6, 6.07) is 9.19. The Morgan fingerprint density at radius 1 is 1.31 bits per heavy atom. The van der Waals surface area contributed by atoms with Gasteiger partial charge in [0.05, 0.1) is 0 Å². The third-order valence-electron chi connectivity index (χ3n) is 2.52. The van der Waals surface area contributed by atoms with E-state index in [-0.39, 0.29) is 0 Å². The van der Waals surface area contributed by atoms with Gasteiger partial charge in [0.1, 0.15) is 5.72 Å². The molecule has 4 N–H and O–H groups in total. The van der Waals surface area contributed by atoms with E-state index in [9.17, 15) is 4.79 Å². The Kier molecular flexibility index (Phi) is 2.46. The third kappa shape index (κ3) is 1.69. The van der Waals surface area contributed by atoms with Gasteiger partial charge in [0.2, 0.25) is 0 Å². The van der Waals surface area contributed by atoms with Crippen molar-refractivity contribution in [1.82, 2.24) is 10.8 Å². The summed E-state index contributed by atoms with van der Waals surface area (Å²) in [6.45, 7) is 3.63. The zero-order valence-electron chi connectivity index (χ0n) is 9.28. The van der Waals surface area contributed by atoms with E-state index < -0.39 is 17.3 Å². The molecule has 1 saturated heterocycles. The highest BCUT2D eigenvalue weighted by molar-refractivity contribution is 5.85. The van der Waals surface area contributed by atoms with Gasteiger partial charge in [-0.15, -0.1) is 0 Å². The summed E-state index contributed by atoms with van der Waals surface area (Å²) in [5, 5.41) is 3.05. The van der Waals surface area contributed by atoms with Gasteiger partial charge in [-0.25, -0.2) is 0 Å². The van der Waals surface area contributed by atoms with Crippen LogP contribution in [0.4, 0.5) is 0 Å². The van der Waals surface area contributed by atoms with Crippen LogP contribution in [0.3, 0.4) is 0 Å². The molecule has 0 saturated carbocycles. The van der Waals surface area contributed by atoms with Crippen LogP contribution in [0.25, 0.3) is 0 Å². The van der Waals surface area contributed by atoms with Gasteiger partial charge in [0.25, 0.3) is 5.91 Å². The molecule has 1 fully saturated rings. The van der Waals surface area contributed by atoms with E-state index in [0.717, 1.165) is 5.56 Å². The van der Waals surface area contributed by atoms with Crippen LogP contribution < -0.4 is 16.5 Å². The van der Waals surface area contributed by atoms with Crippen LogP contribution in [0.15, 0.2) is 30.3 Å². The zero-order chi connectivity index (χ0) is 11.8. The summed E-state index contributed by atoms with van der Waals surface area (Å²) in [5.41, 5.74) is 7.05. The van der Waals surface area contributed by atoms with Gasteiger partial charge >= 0.3 is 0 Å². The number of hydrogen-bond donors (Lipinski definition) is 3. The molecule has 1 aliphatic heterocycles. The first kappa shape index (κ1) is 11.1. The van der Waals surface area contributed by atoms with Gasteiger partial charge in [-0.2, -0.15) is 5.48 Å². The molecule has 1 aliphatic rings. The Morgan fingerprint density at radius 3 is 2.38 bits per heavy atom. The van der Waals surface area contributed by atoms with Crippen molar-refractivity contribution in [3.8, 4) is 0 Å². The lowest BCUT2D eigenvalue weighted by Gasteiger charge is -2.26. The largest absolute Gasteiger partial charge is 0.366 e. The second-order valence-electron chi connectivity index (χ2n) is 4.32. The van der Waals surface area contributed by atoms with Crippen LogP contribution in [0, 0.1) is 0 Å². The number of benzene rings is 1. The van der Waals surface area contributed by atoms with Crippen LogP contribution >= 0.6 is 0 Å². The maximum absolute atomic E-state index is 11.6. The smallest absolute Gasteiger partial charge is 0.259 e. The SMILES string of the molecule is CC1(C)NC(C(N)=O)(c2ccccc2)NO1. The van der Waals surface area contributed by atoms with Gasteiger partial charge in [-0.1, -0.05) is 30.3 Å². The minimum Gasteiger partial charge on any atom is -0.366 e. The summed E-state index contributed by atoms with van der Waals surface area (Å²) in [4.78, 5) is 16.9. The first-order valence-electron chi connectivity index (χ1n) is 5.06. The Morgan fingerprint density at radius 2 is 1.94 bits per heavy atom. The van der Waals surface area contributed by atoms with Crippen LogP contribution in [-0.4, -0.2) is 11.6 Å². The Balaban J connectivity index is 2.43. The van der Waals surface area contributed by atoms with E-state index in [2.05, 4.69) is 10.8 Å². The molecule has 5 nitrogen and oxygen atoms in total. The number of hydroxylamine groups is 1. The maximum Gasteiger partial charge on any atom is 0.259 e. The number of rotatable bonds is 2. The van der Waals surface area contributed by atoms with Crippen LogP contribution in [0.1, 0.15) is 19.4 Å². The molecular formula is C11H15N3O2. The molecule has 86 valence electrons. The number of primary amides is 1. The molecule has 1 atom stereocenters. The van der Waals surface area contributed by atoms with Gasteiger partial charge < -0.3 is 5.73 Å². The van der Waals surface area contributed by atoms with Gasteiger partial charge in [-0.3, -0.25) is 14.9 Å². The lowest BCUT2D eigenvalue weighted by molar-refractivity contribution is -0.127. The molecule has 0 spiro atoms. The van der Waals surface area contributed by atoms with Crippen molar-refractivity contribution in [1.29, 1.82) is 0 Å². The highest BCUT2D eigenvalue weighted by atomic mass is 16.7. The van der Waals surface area contributed by atoms with Crippen LogP contribution in [0.2, 0.25) is 0 Å². The summed E-state index contributed by atoms with van der Waals surface area (Å²) in [7, 11) is 0. The van der Waals surface area contributed by atoms with E-state index in [1.165, 1.54) is 0 Å². The predicted molar refractivity (Wildman–Crippen MR) is 58.7 cm³/mol. The highest BCUT2D eigenvalue weighted by Gasteiger charge is 2.49. The molecule has 1 aromatic carbocycles. The molecule has 2 rings (SSSR count). The molecule has 16 heavy (non-hydrogen) atoms. The summed E-state index contributed by atoms with van der Waals surface area (Å²) in [6.07, 6.45) is 0. The monoisotopic (exact) mass is 221 g/mol. The fourth-order valence-electron chi connectivity index (χ4n) is 1.78. The number of amides is 1. The fourth-order valence-corrected chi connectivity index (χ4v) is 1.78. The number of nitrogens with two attached hydrogens (primary N) is 1. The van der Waals surface area contributed by atoms with E-state index >= 15 is 0 Å². The Labute approximate surface area is 93.9 Å². The van der Waals surface area contributed by atoms with Crippen molar-refractivity contribution in [2.75, 3.05) is 0 Å². The van der Waals surface area contributed by atoms with E-state index in [4.69, 9.17) is 10.6 Å². The minimum absolute atomic E-state index is 0.524. The number of hydrogen-bond acceptors (Lipinski definition) is 4. The standard InChI is InChI=1S/C11H15N3O2/c1-10(2)13-11(9(12)15,14-16-10)8-6-4-3-5-7-8/h3-7,13-14H,1-2H3,(H2,12,15). The highest BCUT2D eigenvalue weighted by Crippen LogP contribution is 2.27. The Hall–Kier alpha value is -1.43. The first-order chi connectivity index (χ1) is 7.46. The molecule has 0 radical (unpaired) electrons. The van der Waals surface area contributed by atoms with Crippen LogP contribution in [-0.2, 0) is 15.3 Å². The molecule has 0 aromatic heterocycles. The fraction of sp³-hybridized carbons (Fsp3) is 0.364. The normalized spacial score (nSPS) is 27.9. The summed E-state index contributed by atoms with van der Waals surface area (Å²) >= 11 is 0. The van der Waals surface area contributed by atoms with Crippen LogP contribution in [0.5, 0.6) is 0 Å². The molecule has 1 heterocycles. The topological polar surface area (TPSA) is 76.4 Å². The summed E-state index contributed by atoms with van der Waals surface area (Å²) < 4.78 is 0. The van der Waals surface area contributed by atoms with E-state index in [0.29, 0.717) is 0 Å². The summed E-state index contributed by atoms with van der Waals surface area (Å²) in [5.74, 6) is -0.524. The first-order valence-corrected chi connectivity index (χ1v) is 5.06. The van der Waals surface area contributed by atoms with Crippen molar-refractivity contribution >= 4 is 5.91 Å². The van der Waals surface area contributed by atoms with Crippen molar-refractivity contribution in [3.05, 3.63) is 35.9 Å². The number of nitrogens with one attached hydrogen (secondary N) is 2. The average molecular weight is 221 g/mol. The van der Waals surface area contributed by atoms with E-state index in [1.807, 2.05) is 44.2 Å². The molecule has 0 bridgehead atoms. The molecule has 1 amide bonds. The molecule has 1 aromatic rings. The molecular weight excluding hydrogens is 206 g/mol. The third-order valence-corrected chi connectivity index (χ3v) is 2.52. The van der Waals surface area contributed by atoms with Crippen molar-refractivity contribution in [3.63, 3.8) is 0 Å². The lowest BCUT2D eigenvalue weighted by atomic mass is 9.99. The van der Waals surface area contributed by atoms with Gasteiger partial charge in [0, 0.05) is 0 Å². The van der Waals surface area contributed by atoms with Crippen molar-refractivity contribution in [2.45, 2.75) is 25.2 Å². The second kappa shape index (κ2) is 3.55. The van der Waals surface area contributed by atoms with E-state index in [1.54, 1.807) is 0 Å². The minimum atomic E-state index is -1.16. The lowest BCUT2D eigenvalue weighted by Crippen LogP contribution is -2.58. The average Bonchev–Trinajstić information content (AvgIpc) is 2.57. The predicted octanol–water partition coefficient (Wildman–Crippen LogP) is 0.185. The maximum atomic E-state index is 11.6. The molecule has 1 unspecified atom stereocenters. The quantitative estimate of drug-likeness (QED) is 0.666. The number of carbonyl (C=O) groups excluding carboxylic acids is 1.